The third-order valence-corrected chi connectivity index (χ3v) is 6.61. The van der Waals surface area contributed by atoms with Crippen LogP contribution in [0.1, 0.15) is 48.6 Å². The molecule has 1 aliphatic heterocycles. The van der Waals surface area contributed by atoms with E-state index in [9.17, 15) is 14.4 Å². The number of thiophene rings is 1. The number of quaternary nitrogens is 1. The Hall–Kier alpha value is -2.71. The van der Waals surface area contributed by atoms with Gasteiger partial charge in [-0.25, -0.2) is 4.79 Å². The average Bonchev–Trinajstić information content (AvgIpc) is 3.34. The number of hydrogen-bond donors (Lipinski definition) is 3. The zero-order valence-corrected chi connectivity index (χ0v) is 16.9. The van der Waals surface area contributed by atoms with E-state index in [1.807, 2.05) is 53.2 Å². The lowest BCUT2D eigenvalue weighted by Gasteiger charge is -2.30. The molecular formula is C21H25N4O3S+. The predicted octanol–water partition coefficient (Wildman–Crippen LogP) is 1.69. The quantitative estimate of drug-likeness (QED) is 0.629. The maximum Gasteiger partial charge on any atom is 0.344 e. The standard InChI is InChI=1S/C21H24N4O3S/c26-17(24-25-19(27)21(23-20(25)28)11-5-2-6-12-21)14-22-18(16-10-7-13-29-16)15-8-3-1-4-9-15/h1,3-4,7-10,13,18,22H,2,5-6,11-12,14H2,(H,23,28)(H,24,26)/p+1/t18-/m1/s1. The number of amides is 4. The van der Waals surface area contributed by atoms with Crippen LogP contribution in [-0.2, 0) is 9.59 Å². The summed E-state index contributed by atoms with van der Waals surface area (Å²) in [5.74, 6) is -0.715. The van der Waals surface area contributed by atoms with Gasteiger partial charge in [-0.15, -0.1) is 11.3 Å². The van der Waals surface area contributed by atoms with Gasteiger partial charge in [0.25, 0.3) is 11.8 Å². The molecule has 1 spiro atoms. The molecule has 2 heterocycles. The molecular weight excluding hydrogens is 388 g/mol. The number of nitrogens with zero attached hydrogens (tertiary/aromatic N) is 1. The lowest BCUT2D eigenvalue weighted by molar-refractivity contribution is -0.676. The molecule has 0 unspecified atom stereocenters. The Morgan fingerprint density at radius 2 is 1.90 bits per heavy atom. The number of imide groups is 1. The Morgan fingerprint density at radius 1 is 1.14 bits per heavy atom. The fraction of sp³-hybridized carbons (Fsp3) is 0.381. The second kappa shape index (κ2) is 8.34. The molecule has 29 heavy (non-hydrogen) atoms. The highest BCUT2D eigenvalue weighted by Crippen LogP contribution is 2.33. The molecule has 7 nitrogen and oxygen atoms in total. The number of nitrogens with one attached hydrogen (secondary N) is 2. The first kappa shape index (κ1) is 19.6. The second-order valence-electron chi connectivity index (χ2n) is 7.59. The molecule has 1 aromatic heterocycles. The van der Waals surface area contributed by atoms with Gasteiger partial charge < -0.3 is 10.6 Å². The number of nitrogens with two attached hydrogens (primary N) is 1. The molecule has 152 valence electrons. The SMILES string of the molecule is O=C(C[NH2+][C@H](c1ccccc1)c1cccs1)NN1C(=O)NC2(CCCCC2)C1=O. The van der Waals surface area contributed by atoms with Gasteiger partial charge in [-0.05, 0) is 24.3 Å². The number of carbonyl (C=O) groups is 3. The van der Waals surface area contributed by atoms with E-state index in [-0.39, 0.29) is 24.4 Å². The van der Waals surface area contributed by atoms with Gasteiger partial charge >= 0.3 is 6.03 Å². The Kier molecular flexibility index (Phi) is 5.64. The van der Waals surface area contributed by atoms with Crippen LogP contribution >= 0.6 is 11.3 Å². The minimum atomic E-state index is -0.837. The van der Waals surface area contributed by atoms with Crippen LogP contribution in [0.5, 0.6) is 0 Å². The van der Waals surface area contributed by atoms with E-state index in [2.05, 4.69) is 10.7 Å². The lowest BCUT2D eigenvalue weighted by atomic mass is 9.82. The van der Waals surface area contributed by atoms with Gasteiger partial charge in [0, 0.05) is 5.56 Å². The molecule has 0 bridgehead atoms. The van der Waals surface area contributed by atoms with Crippen molar-refractivity contribution in [2.45, 2.75) is 43.7 Å². The van der Waals surface area contributed by atoms with Crippen molar-refractivity contribution in [1.82, 2.24) is 15.8 Å². The Morgan fingerprint density at radius 3 is 2.59 bits per heavy atom. The summed E-state index contributed by atoms with van der Waals surface area (Å²) in [4.78, 5) is 38.8. The van der Waals surface area contributed by atoms with Crippen LogP contribution in [0.15, 0.2) is 47.8 Å². The zero-order valence-electron chi connectivity index (χ0n) is 16.1. The molecule has 1 aliphatic carbocycles. The molecule has 4 N–H and O–H groups in total. The van der Waals surface area contributed by atoms with Crippen LogP contribution in [0, 0.1) is 0 Å². The number of benzene rings is 1. The second-order valence-corrected chi connectivity index (χ2v) is 8.57. The van der Waals surface area contributed by atoms with E-state index >= 15 is 0 Å². The van der Waals surface area contributed by atoms with Crippen molar-refractivity contribution >= 4 is 29.2 Å². The normalized spacial score (nSPS) is 19.2. The number of urea groups is 1. The lowest BCUT2D eigenvalue weighted by Crippen LogP contribution is -2.88. The van der Waals surface area contributed by atoms with E-state index in [0.29, 0.717) is 12.8 Å². The topological polar surface area (TPSA) is 95.1 Å². The molecule has 8 heteroatoms. The molecule has 4 rings (SSSR count). The van der Waals surface area contributed by atoms with Gasteiger partial charge in [0.15, 0.2) is 6.54 Å². The highest BCUT2D eigenvalue weighted by molar-refractivity contribution is 7.10. The van der Waals surface area contributed by atoms with Crippen molar-refractivity contribution in [3.05, 3.63) is 58.3 Å². The highest BCUT2D eigenvalue weighted by Gasteiger charge is 2.52. The summed E-state index contributed by atoms with van der Waals surface area (Å²) in [6, 6.07) is 13.4. The van der Waals surface area contributed by atoms with Crippen molar-refractivity contribution in [2.24, 2.45) is 0 Å². The Labute approximate surface area is 173 Å². The van der Waals surface area contributed by atoms with Gasteiger partial charge in [-0.2, -0.15) is 5.01 Å². The predicted molar refractivity (Wildman–Crippen MR) is 109 cm³/mol. The fourth-order valence-corrected chi connectivity index (χ4v) is 5.01. The van der Waals surface area contributed by atoms with Gasteiger partial charge in [0.1, 0.15) is 11.6 Å². The van der Waals surface area contributed by atoms with Crippen LogP contribution in [0.2, 0.25) is 0 Å². The summed E-state index contributed by atoms with van der Waals surface area (Å²) in [6.45, 7) is 0.0987. The first-order valence-electron chi connectivity index (χ1n) is 9.97. The van der Waals surface area contributed by atoms with Crippen molar-refractivity contribution in [1.29, 1.82) is 0 Å². The van der Waals surface area contributed by atoms with Crippen molar-refractivity contribution in [3.63, 3.8) is 0 Å². The van der Waals surface area contributed by atoms with E-state index in [0.717, 1.165) is 34.7 Å². The van der Waals surface area contributed by atoms with Crippen molar-refractivity contribution in [2.75, 3.05) is 6.54 Å². The van der Waals surface area contributed by atoms with E-state index in [1.54, 1.807) is 11.3 Å². The van der Waals surface area contributed by atoms with Gasteiger partial charge in [0.05, 0.1) is 4.88 Å². The van der Waals surface area contributed by atoms with Gasteiger partial charge in [-0.3, -0.25) is 15.0 Å². The van der Waals surface area contributed by atoms with Crippen molar-refractivity contribution < 1.29 is 19.7 Å². The maximum atomic E-state index is 12.8. The Bertz CT molecular complexity index is 879. The monoisotopic (exact) mass is 413 g/mol. The third-order valence-electron chi connectivity index (χ3n) is 5.65. The molecule has 2 fully saturated rings. The summed E-state index contributed by atoms with van der Waals surface area (Å²) < 4.78 is 0. The minimum Gasteiger partial charge on any atom is -0.328 e. The third kappa shape index (κ3) is 4.04. The average molecular weight is 414 g/mol. The molecule has 1 aromatic carbocycles. The summed E-state index contributed by atoms with van der Waals surface area (Å²) in [5, 5.41) is 7.60. The maximum absolute atomic E-state index is 12.8. The molecule has 0 radical (unpaired) electrons. The van der Waals surface area contributed by atoms with Crippen LogP contribution in [0.3, 0.4) is 0 Å². The smallest absolute Gasteiger partial charge is 0.328 e. The molecule has 1 atom stereocenters. The first-order valence-corrected chi connectivity index (χ1v) is 10.8. The largest absolute Gasteiger partial charge is 0.344 e. The van der Waals surface area contributed by atoms with Crippen LogP contribution in [0.25, 0.3) is 0 Å². The van der Waals surface area contributed by atoms with Crippen LogP contribution in [0.4, 0.5) is 4.79 Å². The minimum absolute atomic E-state index is 0.0188. The first-order chi connectivity index (χ1) is 14.1. The molecule has 4 amide bonds. The summed E-state index contributed by atoms with van der Waals surface area (Å²) in [5.41, 5.74) is 2.77. The summed E-state index contributed by atoms with van der Waals surface area (Å²) in [6.07, 6.45) is 4.13. The van der Waals surface area contributed by atoms with Gasteiger partial charge in [-0.1, -0.05) is 55.7 Å². The molecule has 2 aliphatic rings. The van der Waals surface area contributed by atoms with E-state index in [4.69, 9.17) is 0 Å². The van der Waals surface area contributed by atoms with Crippen molar-refractivity contribution in [3.8, 4) is 0 Å². The summed E-state index contributed by atoms with van der Waals surface area (Å²) >= 11 is 1.63. The van der Waals surface area contributed by atoms with Gasteiger partial charge in [0.2, 0.25) is 0 Å². The zero-order chi connectivity index (χ0) is 20.3. The van der Waals surface area contributed by atoms with Crippen LogP contribution < -0.4 is 16.1 Å². The summed E-state index contributed by atoms with van der Waals surface area (Å²) in [7, 11) is 0. The molecule has 2 aromatic rings. The number of rotatable bonds is 6. The molecule has 1 saturated heterocycles. The number of carbonyl (C=O) groups excluding carboxylic acids is 3. The van der Waals surface area contributed by atoms with E-state index < -0.39 is 11.6 Å². The number of hydrazine groups is 1. The highest BCUT2D eigenvalue weighted by atomic mass is 32.1. The van der Waals surface area contributed by atoms with E-state index in [1.165, 1.54) is 0 Å². The van der Waals surface area contributed by atoms with Crippen LogP contribution in [-0.4, -0.2) is 34.9 Å². The number of hydrogen-bond acceptors (Lipinski definition) is 4. The Balaban J connectivity index is 1.40. The molecule has 1 saturated carbocycles. The fourth-order valence-electron chi connectivity index (χ4n) is 4.16.